The molecule has 1 saturated heterocycles. The van der Waals surface area contributed by atoms with Gasteiger partial charge in [-0.05, 0) is 67.9 Å². The van der Waals surface area contributed by atoms with E-state index in [-0.39, 0.29) is 28.7 Å². The molecule has 3 heterocycles. The molecule has 5 rings (SSSR count). The number of benzene rings is 2. The summed E-state index contributed by atoms with van der Waals surface area (Å²) in [4.78, 5) is 47.4. The Bertz CT molecular complexity index is 1700. The monoisotopic (exact) mass is 618 g/mol. The van der Waals surface area contributed by atoms with Gasteiger partial charge in [0.25, 0.3) is 11.8 Å². The summed E-state index contributed by atoms with van der Waals surface area (Å²) in [6.45, 7) is 5.27. The third-order valence-corrected chi connectivity index (χ3v) is 7.32. The van der Waals surface area contributed by atoms with Crippen LogP contribution in [0.15, 0.2) is 67.0 Å². The minimum absolute atomic E-state index is 0.0118. The first-order chi connectivity index (χ1) is 21.7. The Morgan fingerprint density at radius 1 is 0.956 bits per heavy atom. The van der Waals surface area contributed by atoms with Gasteiger partial charge in [-0.3, -0.25) is 19.5 Å². The van der Waals surface area contributed by atoms with Gasteiger partial charge in [0, 0.05) is 56.7 Å². The van der Waals surface area contributed by atoms with Crippen LogP contribution in [0.2, 0.25) is 0 Å². The van der Waals surface area contributed by atoms with Gasteiger partial charge in [-0.2, -0.15) is 0 Å². The molecule has 13 heteroatoms. The number of pyridine rings is 1. The molecule has 0 bridgehead atoms. The molecule has 2 aromatic carbocycles. The first-order valence-corrected chi connectivity index (χ1v) is 14.3. The van der Waals surface area contributed by atoms with Gasteiger partial charge in [0.05, 0.1) is 22.6 Å². The Morgan fingerprint density at radius 2 is 1.73 bits per heavy atom. The number of hydrogen-bond acceptors (Lipinski definition) is 6. The van der Waals surface area contributed by atoms with Crippen molar-refractivity contribution in [2.75, 3.05) is 44.6 Å². The molecule has 3 amide bonds. The number of H-pyrrole nitrogens is 1. The number of amides is 3. The standard InChI is InChI=1S/C32H32F2N6O5/c1-20-3-5-24(33)26(15-20)38-31(42)21-4-6-25(34)29(17-21)45-23-7-9-35-28(18-23)27-16-22(19-37-27)30(41)36-8-2-10-39-11-13-40(14-12-39)32(43)44/h3-7,9,15-19,37H,2,8,10-14H2,1H3,(H,36,41)(H,38,42)(H,43,44). The lowest BCUT2D eigenvalue weighted by Gasteiger charge is -2.33. The van der Waals surface area contributed by atoms with Gasteiger partial charge in [-0.1, -0.05) is 6.07 Å². The minimum Gasteiger partial charge on any atom is -0.465 e. The van der Waals surface area contributed by atoms with E-state index in [1.807, 2.05) is 0 Å². The van der Waals surface area contributed by atoms with Crippen LogP contribution in [-0.2, 0) is 0 Å². The van der Waals surface area contributed by atoms with E-state index >= 15 is 0 Å². The summed E-state index contributed by atoms with van der Waals surface area (Å²) >= 11 is 0. The number of carbonyl (C=O) groups excluding carboxylic acids is 2. The molecule has 234 valence electrons. The lowest BCUT2D eigenvalue weighted by molar-refractivity contribution is 0.0939. The highest BCUT2D eigenvalue weighted by Gasteiger charge is 2.20. The van der Waals surface area contributed by atoms with Crippen LogP contribution in [-0.4, -0.2) is 82.1 Å². The number of rotatable bonds is 10. The van der Waals surface area contributed by atoms with E-state index in [0.29, 0.717) is 49.7 Å². The fraction of sp³-hybridized carbons (Fsp3) is 0.250. The van der Waals surface area contributed by atoms with Gasteiger partial charge in [0.1, 0.15) is 11.6 Å². The van der Waals surface area contributed by atoms with Crippen molar-refractivity contribution in [3.8, 4) is 22.9 Å². The summed E-state index contributed by atoms with van der Waals surface area (Å²) in [6, 6.07) is 12.7. The van der Waals surface area contributed by atoms with E-state index in [2.05, 4.69) is 25.5 Å². The molecule has 2 aromatic heterocycles. The molecule has 1 aliphatic rings. The zero-order chi connectivity index (χ0) is 31.9. The Morgan fingerprint density at radius 3 is 2.51 bits per heavy atom. The molecular weight excluding hydrogens is 586 g/mol. The van der Waals surface area contributed by atoms with Crippen molar-refractivity contribution in [3.05, 3.63) is 95.3 Å². The number of piperazine rings is 1. The van der Waals surface area contributed by atoms with E-state index in [0.717, 1.165) is 24.6 Å². The predicted molar refractivity (Wildman–Crippen MR) is 163 cm³/mol. The molecular formula is C32H32F2N6O5. The first kappa shape index (κ1) is 31.1. The fourth-order valence-electron chi connectivity index (χ4n) is 4.84. The average molecular weight is 619 g/mol. The summed E-state index contributed by atoms with van der Waals surface area (Å²) in [7, 11) is 0. The number of anilines is 1. The largest absolute Gasteiger partial charge is 0.465 e. The second-order valence-electron chi connectivity index (χ2n) is 10.6. The van der Waals surface area contributed by atoms with Crippen molar-refractivity contribution >= 4 is 23.6 Å². The fourth-order valence-corrected chi connectivity index (χ4v) is 4.84. The van der Waals surface area contributed by atoms with Crippen LogP contribution >= 0.6 is 0 Å². The number of aryl methyl sites for hydroxylation is 1. The molecule has 0 spiro atoms. The first-order valence-electron chi connectivity index (χ1n) is 14.3. The second-order valence-corrected chi connectivity index (χ2v) is 10.6. The van der Waals surface area contributed by atoms with Crippen molar-refractivity contribution < 1.29 is 33.0 Å². The van der Waals surface area contributed by atoms with Crippen molar-refractivity contribution in [1.29, 1.82) is 0 Å². The summed E-state index contributed by atoms with van der Waals surface area (Å²) in [5.74, 6) is -2.15. The molecule has 0 aliphatic carbocycles. The maximum Gasteiger partial charge on any atom is 0.407 e. The van der Waals surface area contributed by atoms with Gasteiger partial charge in [0.2, 0.25) is 0 Å². The third-order valence-electron chi connectivity index (χ3n) is 7.32. The molecule has 1 aliphatic heterocycles. The molecule has 0 radical (unpaired) electrons. The van der Waals surface area contributed by atoms with Gasteiger partial charge >= 0.3 is 6.09 Å². The number of aromatic nitrogens is 2. The molecule has 4 aromatic rings. The normalized spacial score (nSPS) is 13.4. The highest BCUT2D eigenvalue weighted by molar-refractivity contribution is 6.04. The Balaban J connectivity index is 1.16. The van der Waals surface area contributed by atoms with Crippen LogP contribution in [0.3, 0.4) is 0 Å². The maximum absolute atomic E-state index is 14.6. The summed E-state index contributed by atoms with van der Waals surface area (Å²) in [6.07, 6.45) is 2.85. The van der Waals surface area contributed by atoms with Crippen molar-refractivity contribution in [2.24, 2.45) is 0 Å². The van der Waals surface area contributed by atoms with Crippen LogP contribution in [0.1, 0.15) is 32.7 Å². The van der Waals surface area contributed by atoms with E-state index in [4.69, 9.17) is 9.84 Å². The van der Waals surface area contributed by atoms with Crippen LogP contribution in [0, 0.1) is 18.6 Å². The van der Waals surface area contributed by atoms with E-state index in [9.17, 15) is 23.2 Å². The highest BCUT2D eigenvalue weighted by atomic mass is 19.1. The van der Waals surface area contributed by atoms with E-state index < -0.39 is 23.6 Å². The average Bonchev–Trinajstić information content (AvgIpc) is 3.53. The number of carboxylic acid groups (broad SMARTS) is 1. The summed E-state index contributed by atoms with van der Waals surface area (Å²) < 4.78 is 34.5. The Kier molecular flexibility index (Phi) is 9.68. The molecule has 0 atom stereocenters. The van der Waals surface area contributed by atoms with Gasteiger partial charge in [-0.25, -0.2) is 13.6 Å². The predicted octanol–water partition coefficient (Wildman–Crippen LogP) is 5.12. The van der Waals surface area contributed by atoms with Crippen molar-refractivity contribution in [3.63, 3.8) is 0 Å². The Labute approximate surface area is 257 Å². The van der Waals surface area contributed by atoms with E-state index in [1.165, 1.54) is 41.4 Å². The summed E-state index contributed by atoms with van der Waals surface area (Å²) in [5, 5.41) is 14.4. The van der Waals surface area contributed by atoms with Crippen LogP contribution in [0.5, 0.6) is 11.5 Å². The van der Waals surface area contributed by atoms with Crippen molar-refractivity contribution in [1.82, 2.24) is 25.1 Å². The van der Waals surface area contributed by atoms with Crippen LogP contribution in [0.25, 0.3) is 11.4 Å². The highest BCUT2D eigenvalue weighted by Crippen LogP contribution is 2.29. The van der Waals surface area contributed by atoms with Gasteiger partial charge < -0.3 is 30.4 Å². The Hall–Kier alpha value is -5.30. The van der Waals surface area contributed by atoms with Crippen LogP contribution < -0.4 is 15.4 Å². The smallest absolute Gasteiger partial charge is 0.407 e. The van der Waals surface area contributed by atoms with Crippen molar-refractivity contribution in [2.45, 2.75) is 13.3 Å². The molecule has 4 N–H and O–H groups in total. The van der Waals surface area contributed by atoms with Gasteiger partial charge in [-0.15, -0.1) is 0 Å². The second kappa shape index (κ2) is 14.0. The number of nitrogens with one attached hydrogen (secondary N) is 3. The van der Waals surface area contributed by atoms with Crippen LogP contribution in [0.4, 0.5) is 19.3 Å². The number of hydrogen-bond donors (Lipinski definition) is 4. The molecule has 1 fully saturated rings. The number of nitrogens with zero attached hydrogens (tertiary/aromatic N) is 3. The quantitative estimate of drug-likeness (QED) is 0.181. The minimum atomic E-state index is -0.902. The molecule has 11 nitrogen and oxygen atoms in total. The lowest BCUT2D eigenvalue weighted by atomic mass is 10.1. The number of halogens is 2. The number of ether oxygens (including phenoxy) is 1. The van der Waals surface area contributed by atoms with Gasteiger partial charge in [0.15, 0.2) is 11.6 Å². The zero-order valence-electron chi connectivity index (χ0n) is 24.5. The molecule has 0 saturated carbocycles. The molecule has 45 heavy (non-hydrogen) atoms. The lowest BCUT2D eigenvalue weighted by Crippen LogP contribution is -2.48. The topological polar surface area (TPSA) is 140 Å². The third kappa shape index (κ3) is 8.00. The SMILES string of the molecule is Cc1ccc(F)c(NC(=O)c2ccc(F)c(Oc3ccnc(-c4cc(C(=O)NCCCN5CCN(C(=O)O)CC5)c[nH]4)c3)c2)c1. The number of aromatic amines is 1. The maximum atomic E-state index is 14.6. The summed E-state index contributed by atoms with van der Waals surface area (Å²) in [5.41, 5.74) is 2.23. The zero-order valence-corrected chi connectivity index (χ0v) is 24.5. The van der Waals surface area contributed by atoms with E-state index in [1.54, 1.807) is 31.3 Å². The number of carbonyl (C=O) groups is 3. The molecule has 0 unspecified atom stereocenters.